The minimum Gasteiger partial charge on any atom is -0.236 e. The van der Waals surface area contributed by atoms with E-state index in [1.54, 1.807) is 6.20 Å². The molecule has 0 fully saturated rings. The second-order valence-electron chi connectivity index (χ2n) is 4.64. The van der Waals surface area contributed by atoms with Gasteiger partial charge in [0.25, 0.3) is 0 Å². The molecular formula is C15H17N3. The molecule has 3 heteroatoms. The monoisotopic (exact) mass is 239 g/mol. The third-order valence-corrected chi connectivity index (χ3v) is 3.06. The maximum Gasteiger partial charge on any atom is 0.103 e. The van der Waals surface area contributed by atoms with Crippen molar-refractivity contribution in [2.75, 3.05) is 0 Å². The molecule has 0 unspecified atom stereocenters. The summed E-state index contributed by atoms with van der Waals surface area (Å²) in [5.74, 6) is 0.271. The molecule has 2 rings (SSSR count). The Labute approximate surface area is 108 Å². The minimum atomic E-state index is 0.271. The average Bonchev–Trinajstić information content (AvgIpc) is 2.82. The van der Waals surface area contributed by atoms with Crippen LogP contribution in [-0.2, 0) is 6.42 Å². The lowest BCUT2D eigenvalue weighted by Gasteiger charge is -2.11. The first-order chi connectivity index (χ1) is 8.67. The summed E-state index contributed by atoms with van der Waals surface area (Å²) in [7, 11) is 0. The van der Waals surface area contributed by atoms with Crippen LogP contribution in [0, 0.1) is 11.3 Å². The zero-order valence-corrected chi connectivity index (χ0v) is 11.0. The van der Waals surface area contributed by atoms with Gasteiger partial charge in [0, 0.05) is 0 Å². The molecule has 0 saturated carbocycles. The van der Waals surface area contributed by atoms with Crippen LogP contribution in [0.4, 0.5) is 0 Å². The average molecular weight is 239 g/mol. The number of aryl methyl sites for hydroxylation is 1. The highest BCUT2D eigenvalue weighted by Gasteiger charge is 2.15. The minimum absolute atomic E-state index is 0.271. The van der Waals surface area contributed by atoms with Crippen LogP contribution in [0.25, 0.3) is 5.69 Å². The molecule has 0 bridgehead atoms. The molecule has 1 aromatic heterocycles. The van der Waals surface area contributed by atoms with Gasteiger partial charge in [0.2, 0.25) is 0 Å². The van der Waals surface area contributed by atoms with Gasteiger partial charge in [-0.25, -0.2) is 4.68 Å². The molecule has 3 nitrogen and oxygen atoms in total. The van der Waals surface area contributed by atoms with Crippen LogP contribution < -0.4 is 0 Å². The summed E-state index contributed by atoms with van der Waals surface area (Å²) in [5, 5.41) is 13.4. The van der Waals surface area contributed by atoms with Gasteiger partial charge in [-0.3, -0.25) is 0 Å². The highest BCUT2D eigenvalue weighted by molar-refractivity contribution is 5.42. The number of nitrogens with zero attached hydrogens (tertiary/aromatic N) is 3. The van der Waals surface area contributed by atoms with E-state index in [2.05, 4.69) is 56.2 Å². The molecule has 92 valence electrons. The molecule has 0 aliphatic rings. The van der Waals surface area contributed by atoms with Crippen LogP contribution in [0.15, 0.2) is 30.5 Å². The van der Waals surface area contributed by atoms with Crippen LogP contribution in [0.3, 0.4) is 0 Å². The van der Waals surface area contributed by atoms with Crippen molar-refractivity contribution in [2.24, 2.45) is 0 Å². The van der Waals surface area contributed by atoms with Crippen LogP contribution in [0.2, 0.25) is 0 Å². The van der Waals surface area contributed by atoms with E-state index in [4.69, 9.17) is 5.26 Å². The molecule has 0 spiro atoms. The fourth-order valence-corrected chi connectivity index (χ4v) is 2.08. The lowest BCUT2D eigenvalue weighted by atomic mass is 10.1. The Morgan fingerprint density at radius 2 is 1.94 bits per heavy atom. The van der Waals surface area contributed by atoms with Crippen molar-refractivity contribution in [3.05, 3.63) is 47.3 Å². The first kappa shape index (κ1) is 12.4. The van der Waals surface area contributed by atoms with E-state index in [0.717, 1.165) is 17.8 Å². The summed E-state index contributed by atoms with van der Waals surface area (Å²) in [6.45, 7) is 6.29. The number of aromatic nitrogens is 2. The van der Waals surface area contributed by atoms with Crippen molar-refractivity contribution in [3.8, 4) is 11.8 Å². The van der Waals surface area contributed by atoms with E-state index < -0.39 is 0 Å². The summed E-state index contributed by atoms with van der Waals surface area (Å²) in [6.07, 6.45) is 2.67. The summed E-state index contributed by atoms with van der Waals surface area (Å²) in [4.78, 5) is 0. The van der Waals surface area contributed by atoms with Gasteiger partial charge in [0.05, 0.1) is 23.1 Å². The highest BCUT2D eigenvalue weighted by atomic mass is 15.3. The third-order valence-electron chi connectivity index (χ3n) is 3.06. The number of nitriles is 1. The highest BCUT2D eigenvalue weighted by Crippen LogP contribution is 2.22. The van der Waals surface area contributed by atoms with Crippen molar-refractivity contribution in [1.29, 1.82) is 5.26 Å². The molecule has 2 aromatic rings. The second-order valence-corrected chi connectivity index (χ2v) is 4.64. The fraction of sp³-hybridized carbons (Fsp3) is 0.333. The molecule has 1 heterocycles. The van der Waals surface area contributed by atoms with Gasteiger partial charge in [0.15, 0.2) is 0 Å². The molecule has 0 aliphatic heterocycles. The Morgan fingerprint density at radius 1 is 1.28 bits per heavy atom. The van der Waals surface area contributed by atoms with Crippen LogP contribution in [-0.4, -0.2) is 9.78 Å². The molecule has 0 atom stereocenters. The maximum absolute atomic E-state index is 9.11. The third kappa shape index (κ3) is 2.14. The van der Waals surface area contributed by atoms with Gasteiger partial charge in [0.1, 0.15) is 6.07 Å². The molecule has 1 aromatic carbocycles. The normalized spacial score (nSPS) is 10.6. The molecule has 18 heavy (non-hydrogen) atoms. The van der Waals surface area contributed by atoms with E-state index in [9.17, 15) is 0 Å². The zero-order valence-electron chi connectivity index (χ0n) is 11.0. The summed E-state index contributed by atoms with van der Waals surface area (Å²) >= 11 is 0. The summed E-state index contributed by atoms with van der Waals surface area (Å²) in [5.41, 5.74) is 3.95. The topological polar surface area (TPSA) is 41.6 Å². The Balaban J connectivity index is 2.50. The second kappa shape index (κ2) is 5.05. The molecule has 0 N–H and O–H groups in total. The van der Waals surface area contributed by atoms with Crippen LogP contribution in [0.1, 0.15) is 43.5 Å². The SMILES string of the molecule is CCc1ccc(-n2ncc(C#N)c2C(C)C)cc1. The Kier molecular flexibility index (Phi) is 3.47. The van der Waals surface area contributed by atoms with Crippen LogP contribution >= 0.6 is 0 Å². The zero-order chi connectivity index (χ0) is 13.1. The number of hydrogen-bond acceptors (Lipinski definition) is 2. The Bertz CT molecular complexity index is 571. The van der Waals surface area contributed by atoms with Crippen molar-refractivity contribution in [3.63, 3.8) is 0 Å². The Hall–Kier alpha value is -2.08. The van der Waals surface area contributed by atoms with E-state index in [1.165, 1.54) is 5.56 Å². The van der Waals surface area contributed by atoms with E-state index >= 15 is 0 Å². The largest absolute Gasteiger partial charge is 0.236 e. The molecule has 0 saturated heterocycles. The van der Waals surface area contributed by atoms with Gasteiger partial charge in [-0.1, -0.05) is 32.9 Å². The smallest absolute Gasteiger partial charge is 0.103 e. The van der Waals surface area contributed by atoms with Crippen molar-refractivity contribution >= 4 is 0 Å². The number of hydrogen-bond donors (Lipinski definition) is 0. The van der Waals surface area contributed by atoms with Gasteiger partial charge in [-0.2, -0.15) is 10.4 Å². The fourth-order valence-electron chi connectivity index (χ4n) is 2.08. The summed E-state index contributed by atoms with van der Waals surface area (Å²) < 4.78 is 1.86. The lowest BCUT2D eigenvalue weighted by Crippen LogP contribution is -2.04. The summed E-state index contributed by atoms with van der Waals surface area (Å²) in [6, 6.07) is 10.5. The van der Waals surface area contributed by atoms with Gasteiger partial charge in [-0.05, 0) is 30.0 Å². The molecule has 0 radical (unpaired) electrons. The molecule has 0 amide bonds. The van der Waals surface area contributed by atoms with E-state index in [0.29, 0.717) is 5.56 Å². The Morgan fingerprint density at radius 3 is 2.44 bits per heavy atom. The van der Waals surface area contributed by atoms with E-state index in [1.807, 2.05) is 4.68 Å². The number of benzene rings is 1. The number of rotatable bonds is 3. The quantitative estimate of drug-likeness (QED) is 0.823. The van der Waals surface area contributed by atoms with E-state index in [-0.39, 0.29) is 5.92 Å². The first-order valence-electron chi connectivity index (χ1n) is 6.24. The van der Waals surface area contributed by atoms with Gasteiger partial charge >= 0.3 is 0 Å². The first-order valence-corrected chi connectivity index (χ1v) is 6.24. The van der Waals surface area contributed by atoms with Crippen molar-refractivity contribution in [1.82, 2.24) is 9.78 Å². The lowest BCUT2D eigenvalue weighted by molar-refractivity contribution is 0.732. The molecular weight excluding hydrogens is 222 g/mol. The maximum atomic E-state index is 9.11. The molecule has 0 aliphatic carbocycles. The standard InChI is InChI=1S/C15H17N3/c1-4-12-5-7-14(8-6-12)18-15(11(2)3)13(9-16)10-17-18/h5-8,10-11H,4H2,1-3H3. The predicted molar refractivity (Wildman–Crippen MR) is 71.7 cm³/mol. The van der Waals surface area contributed by atoms with Crippen molar-refractivity contribution in [2.45, 2.75) is 33.1 Å². The van der Waals surface area contributed by atoms with Crippen molar-refractivity contribution < 1.29 is 0 Å². The van der Waals surface area contributed by atoms with Gasteiger partial charge in [-0.15, -0.1) is 0 Å². The predicted octanol–water partition coefficient (Wildman–Crippen LogP) is 3.43. The van der Waals surface area contributed by atoms with Crippen LogP contribution in [0.5, 0.6) is 0 Å². The van der Waals surface area contributed by atoms with Gasteiger partial charge < -0.3 is 0 Å².